The van der Waals surface area contributed by atoms with Crippen LogP contribution in [0.1, 0.15) is 25.7 Å². The first-order valence-corrected chi connectivity index (χ1v) is 7.60. The fourth-order valence-corrected chi connectivity index (χ4v) is 2.72. The summed E-state index contributed by atoms with van der Waals surface area (Å²) in [5.41, 5.74) is 0. The summed E-state index contributed by atoms with van der Waals surface area (Å²) in [6.07, 6.45) is 4.55. The Morgan fingerprint density at radius 1 is 1.47 bits per heavy atom. The number of aromatic nitrogens is 4. The average molecular weight is 283 g/mol. The van der Waals surface area contributed by atoms with E-state index >= 15 is 0 Å². The van der Waals surface area contributed by atoms with Gasteiger partial charge in [-0.3, -0.25) is 4.79 Å². The lowest BCUT2D eigenvalue weighted by Crippen LogP contribution is -2.27. The molecule has 7 nitrogen and oxygen atoms in total. The Morgan fingerprint density at radius 3 is 3.11 bits per heavy atom. The molecule has 1 aromatic heterocycles. The molecular formula is C11H17N5O2S. The van der Waals surface area contributed by atoms with Gasteiger partial charge in [0.25, 0.3) is 0 Å². The zero-order valence-electron chi connectivity index (χ0n) is 10.6. The molecule has 1 saturated heterocycles. The fraction of sp³-hybridized carbons (Fsp3) is 0.818. The molecule has 0 unspecified atom stereocenters. The number of thioether (sulfide) groups is 1. The Morgan fingerprint density at radius 2 is 2.37 bits per heavy atom. The number of hydrogen-bond acceptors (Lipinski definition) is 6. The van der Waals surface area contributed by atoms with Gasteiger partial charge in [0.05, 0.1) is 18.4 Å². The highest BCUT2D eigenvalue weighted by molar-refractivity contribution is 7.99. The second kappa shape index (κ2) is 5.87. The minimum Gasteiger partial charge on any atom is -0.376 e. The summed E-state index contributed by atoms with van der Waals surface area (Å²) in [7, 11) is 0. The van der Waals surface area contributed by atoms with Crippen molar-refractivity contribution in [3.8, 4) is 0 Å². The van der Waals surface area contributed by atoms with E-state index in [-0.39, 0.29) is 12.0 Å². The van der Waals surface area contributed by atoms with Crippen LogP contribution in [0.2, 0.25) is 0 Å². The molecule has 104 valence electrons. The summed E-state index contributed by atoms with van der Waals surface area (Å²) < 4.78 is 7.29. The zero-order chi connectivity index (χ0) is 13.1. The van der Waals surface area contributed by atoms with E-state index in [1.165, 1.54) is 11.8 Å². The molecule has 1 aliphatic carbocycles. The molecule has 1 aliphatic heterocycles. The summed E-state index contributed by atoms with van der Waals surface area (Å²) in [4.78, 5) is 11.6. The van der Waals surface area contributed by atoms with E-state index in [2.05, 4.69) is 20.8 Å². The van der Waals surface area contributed by atoms with E-state index in [0.717, 1.165) is 32.3 Å². The molecule has 1 N–H and O–H groups in total. The van der Waals surface area contributed by atoms with Crippen LogP contribution in [0.25, 0.3) is 0 Å². The number of nitrogens with zero attached hydrogens (tertiary/aromatic N) is 4. The van der Waals surface area contributed by atoms with E-state index in [0.29, 0.717) is 23.5 Å². The summed E-state index contributed by atoms with van der Waals surface area (Å²) in [5.74, 6) is 0.418. The van der Waals surface area contributed by atoms with Gasteiger partial charge in [0, 0.05) is 12.6 Å². The van der Waals surface area contributed by atoms with Gasteiger partial charge in [-0.2, -0.15) is 0 Å². The Balaban J connectivity index is 1.49. The van der Waals surface area contributed by atoms with Crippen molar-refractivity contribution < 1.29 is 9.53 Å². The van der Waals surface area contributed by atoms with Crippen molar-refractivity contribution in [2.24, 2.45) is 0 Å². The van der Waals surface area contributed by atoms with Crippen molar-refractivity contribution in [2.75, 3.05) is 12.4 Å². The lowest BCUT2D eigenvalue weighted by atomic mass is 10.2. The first kappa shape index (κ1) is 12.9. The average Bonchev–Trinajstić information content (AvgIpc) is 2.91. The maximum absolute atomic E-state index is 11.6. The lowest BCUT2D eigenvalue weighted by molar-refractivity contribution is -0.118. The van der Waals surface area contributed by atoms with Crippen LogP contribution in [-0.2, 0) is 16.1 Å². The number of amides is 1. The molecular weight excluding hydrogens is 266 g/mol. The van der Waals surface area contributed by atoms with Crippen LogP contribution >= 0.6 is 11.8 Å². The minimum atomic E-state index is 0.0548. The lowest BCUT2D eigenvalue weighted by Gasteiger charge is -2.09. The Kier molecular flexibility index (Phi) is 3.97. The number of ether oxygens (including phenoxy) is 1. The number of nitrogens with one attached hydrogen (secondary N) is 1. The monoisotopic (exact) mass is 283 g/mol. The van der Waals surface area contributed by atoms with Crippen molar-refractivity contribution in [3.63, 3.8) is 0 Å². The topological polar surface area (TPSA) is 81.9 Å². The number of hydrogen-bond donors (Lipinski definition) is 1. The van der Waals surface area contributed by atoms with Crippen LogP contribution in [0.5, 0.6) is 0 Å². The predicted octanol–water partition coefficient (Wildman–Crippen LogP) is 0.223. The van der Waals surface area contributed by atoms with Gasteiger partial charge in [0.15, 0.2) is 0 Å². The molecule has 1 amide bonds. The first-order chi connectivity index (χ1) is 9.31. The summed E-state index contributed by atoms with van der Waals surface area (Å²) in [5, 5.41) is 15.2. The molecule has 3 rings (SSSR count). The van der Waals surface area contributed by atoms with Crippen LogP contribution < -0.4 is 5.32 Å². The molecule has 2 fully saturated rings. The van der Waals surface area contributed by atoms with E-state index in [4.69, 9.17) is 4.74 Å². The highest BCUT2D eigenvalue weighted by atomic mass is 32.2. The van der Waals surface area contributed by atoms with Gasteiger partial charge in [0.2, 0.25) is 11.1 Å². The Labute approximate surface area is 115 Å². The number of carbonyl (C=O) groups is 1. The second-order valence-electron chi connectivity index (χ2n) is 4.91. The van der Waals surface area contributed by atoms with Crippen LogP contribution in [0, 0.1) is 0 Å². The molecule has 8 heteroatoms. The van der Waals surface area contributed by atoms with Gasteiger partial charge in [-0.15, -0.1) is 5.10 Å². The van der Waals surface area contributed by atoms with Crippen LogP contribution in [0.4, 0.5) is 0 Å². The van der Waals surface area contributed by atoms with Crippen molar-refractivity contribution >= 4 is 17.7 Å². The molecule has 1 aromatic rings. The molecule has 1 saturated carbocycles. The molecule has 0 bridgehead atoms. The molecule has 2 aliphatic rings. The first-order valence-electron chi connectivity index (χ1n) is 6.61. The maximum Gasteiger partial charge on any atom is 0.230 e. The molecule has 19 heavy (non-hydrogen) atoms. The van der Waals surface area contributed by atoms with Crippen molar-refractivity contribution in [2.45, 2.75) is 49.5 Å². The Bertz CT molecular complexity index is 442. The van der Waals surface area contributed by atoms with Gasteiger partial charge in [-0.25, -0.2) is 4.68 Å². The number of carbonyl (C=O) groups excluding carboxylic acids is 1. The van der Waals surface area contributed by atoms with Crippen molar-refractivity contribution in [3.05, 3.63) is 0 Å². The normalized spacial score (nSPS) is 22.6. The van der Waals surface area contributed by atoms with Crippen molar-refractivity contribution in [1.29, 1.82) is 0 Å². The van der Waals surface area contributed by atoms with E-state index in [1.807, 2.05) is 0 Å². The second-order valence-corrected chi connectivity index (χ2v) is 5.85. The third-order valence-corrected chi connectivity index (χ3v) is 4.13. The summed E-state index contributed by atoms with van der Waals surface area (Å²) in [6, 6.07) is 0.399. The van der Waals surface area contributed by atoms with Gasteiger partial charge >= 0.3 is 0 Å². The molecule has 0 aromatic carbocycles. The van der Waals surface area contributed by atoms with E-state index < -0.39 is 0 Å². The Hall–Kier alpha value is -1.15. The molecule has 0 spiro atoms. The number of rotatable bonds is 6. The predicted molar refractivity (Wildman–Crippen MR) is 68.7 cm³/mol. The van der Waals surface area contributed by atoms with Gasteiger partial charge in [-0.05, 0) is 36.1 Å². The van der Waals surface area contributed by atoms with Crippen LogP contribution in [-0.4, -0.2) is 50.6 Å². The van der Waals surface area contributed by atoms with E-state index in [9.17, 15) is 4.79 Å². The molecule has 2 heterocycles. The quantitative estimate of drug-likeness (QED) is 0.752. The maximum atomic E-state index is 11.6. The van der Waals surface area contributed by atoms with E-state index in [1.54, 1.807) is 4.68 Å². The van der Waals surface area contributed by atoms with Crippen LogP contribution in [0.15, 0.2) is 5.16 Å². The highest BCUT2D eigenvalue weighted by Crippen LogP contribution is 2.20. The van der Waals surface area contributed by atoms with Gasteiger partial charge in [-0.1, -0.05) is 11.8 Å². The van der Waals surface area contributed by atoms with Crippen molar-refractivity contribution in [1.82, 2.24) is 25.5 Å². The summed E-state index contributed by atoms with van der Waals surface area (Å²) in [6.45, 7) is 1.48. The van der Waals surface area contributed by atoms with Gasteiger partial charge in [0.1, 0.15) is 0 Å². The summed E-state index contributed by atoms with van der Waals surface area (Å²) >= 11 is 1.37. The third-order valence-electron chi connectivity index (χ3n) is 3.17. The number of tetrazole rings is 1. The zero-order valence-corrected chi connectivity index (χ0v) is 11.4. The van der Waals surface area contributed by atoms with Crippen LogP contribution in [0.3, 0.4) is 0 Å². The largest absolute Gasteiger partial charge is 0.376 e. The minimum absolute atomic E-state index is 0.0548. The fourth-order valence-electron chi connectivity index (χ4n) is 2.02. The molecule has 1 atom stereocenters. The highest BCUT2D eigenvalue weighted by Gasteiger charge is 2.24. The standard InChI is InChI=1S/C11H17N5O2S/c17-10(12-8-3-4-8)7-19-11-13-14-15-16(11)6-9-2-1-5-18-9/h8-9H,1-7H2,(H,12,17)/t9-/m1/s1. The SMILES string of the molecule is O=C(CSc1nnnn1C[C@H]1CCCO1)NC1CC1. The molecule has 0 radical (unpaired) electrons. The third kappa shape index (κ3) is 3.66. The van der Waals surface area contributed by atoms with Gasteiger partial charge < -0.3 is 10.1 Å². The smallest absolute Gasteiger partial charge is 0.230 e.